The molecule has 0 N–H and O–H groups in total. The molecule has 0 aliphatic carbocycles. The highest BCUT2D eigenvalue weighted by molar-refractivity contribution is 5.65. The van der Waals surface area contributed by atoms with E-state index in [1.54, 1.807) is 24.3 Å². The average molecular weight is 246 g/mol. The first-order valence-corrected chi connectivity index (χ1v) is 5.69. The van der Waals surface area contributed by atoms with Gasteiger partial charge in [0.1, 0.15) is 17.9 Å². The van der Waals surface area contributed by atoms with E-state index in [4.69, 9.17) is 0 Å². The Bertz CT molecular complexity index is 564. The van der Waals surface area contributed by atoms with Gasteiger partial charge in [-0.2, -0.15) is 0 Å². The number of hydrogen-bond donors (Lipinski definition) is 0. The van der Waals surface area contributed by atoms with Gasteiger partial charge >= 0.3 is 0 Å². The maximum Gasteiger partial charge on any atom is 0.131 e. The molecular weight excluding hydrogens is 234 g/mol. The molecule has 1 nitrogen and oxygen atoms in total. The van der Waals surface area contributed by atoms with Gasteiger partial charge in [-0.25, -0.2) is 8.78 Å². The van der Waals surface area contributed by atoms with Gasteiger partial charge in [0.05, 0.1) is 0 Å². The number of aldehydes is 1. The molecule has 0 aliphatic heterocycles. The minimum Gasteiger partial charge on any atom is -0.303 e. The first-order valence-electron chi connectivity index (χ1n) is 5.69. The number of carbonyl (C=O) groups is 1. The molecule has 0 aromatic heterocycles. The smallest absolute Gasteiger partial charge is 0.131 e. The molecule has 3 heteroatoms. The molecule has 2 aromatic carbocycles. The highest BCUT2D eigenvalue weighted by Gasteiger charge is 2.10. The lowest BCUT2D eigenvalue weighted by molar-refractivity contribution is -0.107. The Morgan fingerprint density at radius 1 is 0.944 bits per heavy atom. The highest BCUT2D eigenvalue weighted by Crippen LogP contribution is 2.26. The van der Waals surface area contributed by atoms with Crippen molar-refractivity contribution in [3.05, 3.63) is 59.7 Å². The van der Waals surface area contributed by atoms with Crippen LogP contribution >= 0.6 is 0 Å². The lowest BCUT2D eigenvalue weighted by Gasteiger charge is -2.07. The molecule has 0 spiro atoms. The summed E-state index contributed by atoms with van der Waals surface area (Å²) in [5.41, 5.74) is 1.29. The van der Waals surface area contributed by atoms with Crippen molar-refractivity contribution in [2.24, 2.45) is 0 Å². The molecule has 92 valence electrons. The average Bonchev–Trinajstić information content (AvgIpc) is 2.39. The topological polar surface area (TPSA) is 17.1 Å². The van der Waals surface area contributed by atoms with E-state index < -0.39 is 11.6 Å². The van der Waals surface area contributed by atoms with E-state index in [0.29, 0.717) is 12.8 Å². The molecular formula is C15H12F2O. The quantitative estimate of drug-likeness (QED) is 0.750. The molecule has 0 bridgehead atoms. The Morgan fingerprint density at radius 2 is 1.67 bits per heavy atom. The lowest BCUT2D eigenvalue weighted by atomic mass is 10.00. The fraction of sp³-hybridized carbons (Fsp3) is 0.133. The van der Waals surface area contributed by atoms with E-state index in [-0.39, 0.29) is 11.1 Å². The van der Waals surface area contributed by atoms with Crippen molar-refractivity contribution < 1.29 is 13.6 Å². The van der Waals surface area contributed by atoms with Crippen LogP contribution in [0, 0.1) is 11.6 Å². The molecule has 0 radical (unpaired) electrons. The molecule has 0 unspecified atom stereocenters. The summed E-state index contributed by atoms with van der Waals surface area (Å²) in [5, 5.41) is 0. The van der Waals surface area contributed by atoms with Crippen LogP contribution < -0.4 is 0 Å². The molecule has 2 rings (SSSR count). The largest absolute Gasteiger partial charge is 0.303 e. The van der Waals surface area contributed by atoms with Gasteiger partial charge < -0.3 is 4.79 Å². The van der Waals surface area contributed by atoms with E-state index in [1.165, 1.54) is 18.2 Å². The van der Waals surface area contributed by atoms with E-state index in [1.807, 2.05) is 0 Å². The Morgan fingerprint density at radius 3 is 2.39 bits per heavy atom. The van der Waals surface area contributed by atoms with Gasteiger partial charge in [-0.1, -0.05) is 24.3 Å². The summed E-state index contributed by atoms with van der Waals surface area (Å²) in [6.07, 6.45) is 1.72. The maximum atomic E-state index is 13.7. The number of aryl methyl sites for hydroxylation is 1. The van der Waals surface area contributed by atoms with E-state index in [9.17, 15) is 13.6 Å². The minimum absolute atomic E-state index is 0.233. The van der Waals surface area contributed by atoms with Crippen LogP contribution in [0.3, 0.4) is 0 Å². The van der Waals surface area contributed by atoms with E-state index in [0.717, 1.165) is 11.8 Å². The molecule has 0 fully saturated rings. The summed E-state index contributed by atoms with van der Waals surface area (Å²) < 4.78 is 27.3. The number of carbonyl (C=O) groups excluding carboxylic acids is 1. The fourth-order valence-electron chi connectivity index (χ4n) is 1.84. The lowest BCUT2D eigenvalue weighted by Crippen LogP contribution is -1.92. The summed E-state index contributed by atoms with van der Waals surface area (Å²) in [6, 6.07) is 10.6. The summed E-state index contributed by atoms with van der Waals surface area (Å²) in [4.78, 5) is 10.3. The molecule has 0 aliphatic rings. The third-order valence-electron chi connectivity index (χ3n) is 2.75. The summed E-state index contributed by atoms with van der Waals surface area (Å²) in [7, 11) is 0. The molecule has 0 saturated carbocycles. The summed E-state index contributed by atoms with van der Waals surface area (Å²) >= 11 is 0. The van der Waals surface area contributed by atoms with Crippen LogP contribution in [0.4, 0.5) is 8.78 Å². The van der Waals surface area contributed by atoms with E-state index >= 15 is 0 Å². The molecule has 0 atom stereocenters. The van der Waals surface area contributed by atoms with Gasteiger partial charge in [-0.15, -0.1) is 0 Å². The third-order valence-corrected chi connectivity index (χ3v) is 2.75. The van der Waals surface area contributed by atoms with Gasteiger partial charge in [0.2, 0.25) is 0 Å². The summed E-state index contributed by atoms with van der Waals surface area (Å²) in [6.45, 7) is 0. The second kappa shape index (κ2) is 5.54. The molecule has 0 saturated heterocycles. The zero-order chi connectivity index (χ0) is 13.0. The zero-order valence-corrected chi connectivity index (χ0v) is 9.70. The van der Waals surface area contributed by atoms with Crippen LogP contribution in [0.2, 0.25) is 0 Å². The predicted octanol–water partition coefficient (Wildman–Crippen LogP) is 3.76. The molecule has 18 heavy (non-hydrogen) atoms. The number of hydrogen-bond acceptors (Lipinski definition) is 1. The normalized spacial score (nSPS) is 10.3. The number of benzene rings is 2. The van der Waals surface area contributed by atoms with Gasteiger partial charge in [-0.05, 0) is 30.2 Å². The Balaban J connectivity index is 2.43. The molecule has 2 aromatic rings. The number of rotatable bonds is 4. The Kier molecular flexibility index (Phi) is 3.82. The van der Waals surface area contributed by atoms with Crippen molar-refractivity contribution in [1.29, 1.82) is 0 Å². The van der Waals surface area contributed by atoms with Crippen molar-refractivity contribution >= 4 is 6.29 Å². The highest BCUT2D eigenvalue weighted by atomic mass is 19.1. The Labute approximate surface area is 104 Å². The van der Waals surface area contributed by atoms with Crippen molar-refractivity contribution in [2.45, 2.75) is 12.8 Å². The van der Waals surface area contributed by atoms with Gasteiger partial charge in [0.15, 0.2) is 0 Å². The Hall–Kier alpha value is -2.03. The van der Waals surface area contributed by atoms with Crippen molar-refractivity contribution in [3.8, 4) is 11.1 Å². The summed E-state index contributed by atoms with van der Waals surface area (Å²) in [5.74, 6) is -0.918. The first-order chi connectivity index (χ1) is 8.72. The SMILES string of the molecule is O=CCCc1ccc(F)c(-c2ccccc2F)c1. The van der Waals surface area contributed by atoms with Crippen molar-refractivity contribution in [2.75, 3.05) is 0 Å². The predicted molar refractivity (Wildman–Crippen MR) is 66.2 cm³/mol. The molecule has 0 heterocycles. The second-order valence-corrected chi connectivity index (χ2v) is 4.00. The standard InChI is InChI=1S/C15H12F2O/c16-14-6-2-1-5-12(14)13-10-11(4-3-9-18)7-8-15(13)17/h1-2,5-10H,3-4H2. The van der Waals surface area contributed by atoms with Gasteiger partial charge in [0, 0.05) is 17.5 Å². The zero-order valence-electron chi connectivity index (χ0n) is 9.70. The fourth-order valence-corrected chi connectivity index (χ4v) is 1.84. The van der Waals surface area contributed by atoms with Crippen LogP contribution in [-0.4, -0.2) is 6.29 Å². The van der Waals surface area contributed by atoms with Gasteiger partial charge in [0.25, 0.3) is 0 Å². The van der Waals surface area contributed by atoms with E-state index in [2.05, 4.69) is 0 Å². The maximum absolute atomic E-state index is 13.7. The minimum atomic E-state index is -0.463. The number of halogens is 2. The molecule has 0 amide bonds. The second-order valence-electron chi connectivity index (χ2n) is 4.00. The van der Waals surface area contributed by atoms with Crippen molar-refractivity contribution in [3.63, 3.8) is 0 Å². The third kappa shape index (κ3) is 2.62. The first kappa shape index (κ1) is 12.4. The van der Waals surface area contributed by atoms with Crippen LogP contribution in [-0.2, 0) is 11.2 Å². The van der Waals surface area contributed by atoms with Crippen LogP contribution in [0.1, 0.15) is 12.0 Å². The van der Waals surface area contributed by atoms with Crippen LogP contribution in [0.15, 0.2) is 42.5 Å². The van der Waals surface area contributed by atoms with Crippen molar-refractivity contribution in [1.82, 2.24) is 0 Å². The van der Waals surface area contributed by atoms with Crippen LogP contribution in [0.5, 0.6) is 0 Å². The van der Waals surface area contributed by atoms with Crippen LogP contribution in [0.25, 0.3) is 11.1 Å². The van der Waals surface area contributed by atoms with Gasteiger partial charge in [-0.3, -0.25) is 0 Å². The monoisotopic (exact) mass is 246 g/mol.